The number of halogens is 1. The van der Waals surface area contributed by atoms with Gasteiger partial charge in [-0.1, -0.05) is 12.1 Å². The number of anilines is 2. The molecular weight excluding hydrogens is 406 g/mol. The maximum Gasteiger partial charge on any atom is 0.243 e. The number of sulfonamides is 1. The van der Waals surface area contributed by atoms with Crippen LogP contribution in [0.4, 0.5) is 11.4 Å². The van der Waals surface area contributed by atoms with Crippen molar-refractivity contribution in [2.45, 2.75) is 11.8 Å². The van der Waals surface area contributed by atoms with Gasteiger partial charge in [0.1, 0.15) is 11.8 Å². The monoisotopic (exact) mass is 429 g/mol. The summed E-state index contributed by atoms with van der Waals surface area (Å²) in [5.41, 5.74) is 7.20. The fourth-order valence-corrected chi connectivity index (χ4v) is 3.47. The first-order chi connectivity index (χ1) is 12.8. The summed E-state index contributed by atoms with van der Waals surface area (Å²) in [6.45, 7) is 0.110. The van der Waals surface area contributed by atoms with Crippen LogP contribution in [-0.4, -0.2) is 41.2 Å². The first-order valence-electron chi connectivity index (χ1n) is 8.12. The van der Waals surface area contributed by atoms with Gasteiger partial charge in [0.05, 0.1) is 19.5 Å². The third-order valence-corrected chi connectivity index (χ3v) is 4.88. The molecule has 0 aromatic heterocycles. The van der Waals surface area contributed by atoms with Gasteiger partial charge < -0.3 is 20.5 Å². The maximum atomic E-state index is 12.3. The van der Waals surface area contributed by atoms with Gasteiger partial charge in [0, 0.05) is 18.5 Å². The van der Waals surface area contributed by atoms with Crippen molar-refractivity contribution in [1.29, 1.82) is 0 Å². The second kappa shape index (κ2) is 10.9. The zero-order valence-electron chi connectivity index (χ0n) is 15.5. The molecule has 0 fully saturated rings. The zero-order valence-corrected chi connectivity index (χ0v) is 17.2. The highest BCUT2D eigenvalue weighted by Gasteiger charge is 2.14. The number of hydrogen-bond donors (Lipinski definition) is 3. The summed E-state index contributed by atoms with van der Waals surface area (Å²) >= 11 is 0. The lowest BCUT2D eigenvalue weighted by molar-refractivity contribution is -0.118. The molecule has 0 heterocycles. The fourth-order valence-electron chi connectivity index (χ4n) is 2.27. The number of carbonyl (C=O) groups is 1. The van der Waals surface area contributed by atoms with Crippen molar-refractivity contribution in [3.8, 4) is 5.75 Å². The van der Waals surface area contributed by atoms with E-state index < -0.39 is 16.1 Å². The van der Waals surface area contributed by atoms with Crippen molar-refractivity contribution >= 4 is 39.7 Å². The fraction of sp³-hybridized carbons (Fsp3) is 0.278. The topological polar surface area (TPSA) is 120 Å². The van der Waals surface area contributed by atoms with Gasteiger partial charge in [-0.3, -0.25) is 9.52 Å². The molecule has 4 N–H and O–H groups in total. The summed E-state index contributed by atoms with van der Waals surface area (Å²) in [7, 11) is -0.580. The molecular formula is C18H24ClN3O5S. The van der Waals surface area contributed by atoms with E-state index in [1.807, 2.05) is 0 Å². The molecule has 0 aliphatic carbocycles. The average molecular weight is 430 g/mol. The predicted molar refractivity (Wildman–Crippen MR) is 111 cm³/mol. The number of hydrogen-bond acceptors (Lipinski definition) is 6. The molecule has 8 nitrogen and oxygen atoms in total. The molecule has 154 valence electrons. The van der Waals surface area contributed by atoms with Crippen LogP contribution in [0.15, 0.2) is 48.5 Å². The molecule has 0 aliphatic rings. The average Bonchev–Trinajstić information content (AvgIpc) is 2.63. The smallest absolute Gasteiger partial charge is 0.243 e. The lowest BCUT2D eigenvalue weighted by atomic mass is 10.2. The van der Waals surface area contributed by atoms with Crippen LogP contribution in [0.3, 0.4) is 0 Å². The molecule has 0 aliphatic heterocycles. The van der Waals surface area contributed by atoms with Crippen LogP contribution in [0.2, 0.25) is 0 Å². The molecule has 2 rings (SSSR count). The Kier molecular flexibility index (Phi) is 9.20. The highest BCUT2D eigenvalue weighted by molar-refractivity contribution is 7.91. The first kappa shape index (κ1) is 23.7. The molecule has 1 atom stereocenters. The minimum atomic E-state index is -3.58. The number of rotatable bonds is 9. The summed E-state index contributed by atoms with van der Waals surface area (Å²) in [5, 5.41) is 2.65. The Morgan fingerprint density at radius 2 is 1.61 bits per heavy atom. The van der Waals surface area contributed by atoms with Crippen molar-refractivity contribution in [3.63, 3.8) is 0 Å². The quantitative estimate of drug-likeness (QED) is 0.560. The summed E-state index contributed by atoms with van der Waals surface area (Å²) in [6.07, 6.45) is 0. The molecule has 2 aromatic rings. The number of nitrogens with two attached hydrogens (primary N) is 1. The number of amides is 1. The van der Waals surface area contributed by atoms with Crippen molar-refractivity contribution in [1.82, 2.24) is 0 Å². The van der Waals surface area contributed by atoms with E-state index in [4.69, 9.17) is 15.2 Å². The Bertz CT molecular complexity index is 858. The first-order valence-corrected chi connectivity index (χ1v) is 9.77. The van der Waals surface area contributed by atoms with E-state index >= 15 is 0 Å². The maximum absolute atomic E-state index is 12.3. The Hall–Kier alpha value is -2.33. The summed E-state index contributed by atoms with van der Waals surface area (Å²) < 4.78 is 37.0. The number of ether oxygens (including phenoxy) is 2. The highest BCUT2D eigenvalue weighted by Crippen LogP contribution is 2.18. The minimum absolute atomic E-state index is 0. The third kappa shape index (κ3) is 7.35. The van der Waals surface area contributed by atoms with Crippen molar-refractivity contribution < 1.29 is 22.7 Å². The second-order valence-corrected chi connectivity index (χ2v) is 7.56. The molecule has 0 bridgehead atoms. The van der Waals surface area contributed by atoms with Crippen LogP contribution in [0.1, 0.15) is 5.56 Å². The molecule has 1 unspecified atom stereocenters. The normalized spacial score (nSPS) is 11.8. The molecule has 2 aromatic carbocycles. The summed E-state index contributed by atoms with van der Waals surface area (Å²) in [5.74, 6) is 0.0652. The van der Waals surface area contributed by atoms with Crippen LogP contribution in [0, 0.1) is 0 Å². The molecule has 1 amide bonds. The Morgan fingerprint density at radius 3 is 2.14 bits per heavy atom. The van der Waals surface area contributed by atoms with Crippen LogP contribution in [0.25, 0.3) is 0 Å². The highest BCUT2D eigenvalue weighted by atomic mass is 35.5. The van der Waals surface area contributed by atoms with E-state index in [-0.39, 0.29) is 30.7 Å². The van der Waals surface area contributed by atoms with Gasteiger partial charge in [0.25, 0.3) is 0 Å². The largest absolute Gasteiger partial charge is 0.497 e. The van der Waals surface area contributed by atoms with Crippen LogP contribution >= 0.6 is 12.4 Å². The van der Waals surface area contributed by atoms with E-state index in [0.29, 0.717) is 22.7 Å². The standard InChI is InChI=1S/C18H23N3O5S.ClH/c1-25-11-17(19)18(22)20-14-5-3-13(4-6-14)12-27(23,24)21-15-7-9-16(26-2)10-8-15;/h3-10,17,21H,11-12,19H2,1-2H3,(H,20,22);1H. The molecule has 0 radical (unpaired) electrons. The summed E-state index contributed by atoms with van der Waals surface area (Å²) in [4.78, 5) is 11.8. The minimum Gasteiger partial charge on any atom is -0.497 e. The van der Waals surface area contributed by atoms with E-state index in [1.54, 1.807) is 48.5 Å². The SMILES string of the molecule is COCC(N)C(=O)Nc1ccc(CS(=O)(=O)Nc2ccc(OC)cc2)cc1.Cl. The number of methoxy groups -OCH3 is 2. The Balaban J connectivity index is 0.00000392. The van der Waals surface area contributed by atoms with Gasteiger partial charge in [-0.2, -0.15) is 0 Å². The molecule has 0 spiro atoms. The van der Waals surface area contributed by atoms with Crippen LogP contribution < -0.4 is 20.5 Å². The van der Waals surface area contributed by atoms with E-state index in [0.717, 1.165) is 0 Å². The zero-order chi connectivity index (χ0) is 19.9. The van der Waals surface area contributed by atoms with Gasteiger partial charge in [0.15, 0.2) is 0 Å². The second-order valence-electron chi connectivity index (χ2n) is 5.84. The number of benzene rings is 2. The molecule has 10 heteroatoms. The third-order valence-electron chi connectivity index (χ3n) is 3.62. The van der Waals surface area contributed by atoms with Crippen molar-refractivity contribution in [2.75, 3.05) is 30.9 Å². The number of carbonyl (C=O) groups excluding carboxylic acids is 1. The van der Waals surface area contributed by atoms with Gasteiger partial charge in [-0.05, 0) is 42.0 Å². The van der Waals surface area contributed by atoms with E-state index in [1.165, 1.54) is 14.2 Å². The van der Waals surface area contributed by atoms with E-state index in [9.17, 15) is 13.2 Å². The summed E-state index contributed by atoms with van der Waals surface area (Å²) in [6, 6.07) is 12.3. The Morgan fingerprint density at radius 1 is 1.04 bits per heavy atom. The van der Waals surface area contributed by atoms with Crippen LogP contribution in [-0.2, 0) is 25.3 Å². The predicted octanol–water partition coefficient (Wildman–Crippen LogP) is 1.97. The lowest BCUT2D eigenvalue weighted by Gasteiger charge is -2.12. The Labute approximate surface area is 170 Å². The van der Waals surface area contributed by atoms with Gasteiger partial charge >= 0.3 is 0 Å². The van der Waals surface area contributed by atoms with Crippen molar-refractivity contribution in [3.05, 3.63) is 54.1 Å². The van der Waals surface area contributed by atoms with Crippen molar-refractivity contribution in [2.24, 2.45) is 5.73 Å². The molecule has 0 saturated carbocycles. The molecule has 28 heavy (non-hydrogen) atoms. The van der Waals surface area contributed by atoms with Gasteiger partial charge in [0.2, 0.25) is 15.9 Å². The van der Waals surface area contributed by atoms with E-state index in [2.05, 4.69) is 10.0 Å². The van der Waals surface area contributed by atoms with Gasteiger partial charge in [-0.15, -0.1) is 12.4 Å². The molecule has 0 saturated heterocycles. The van der Waals surface area contributed by atoms with Crippen LogP contribution in [0.5, 0.6) is 5.75 Å². The lowest BCUT2D eigenvalue weighted by Crippen LogP contribution is -2.39. The number of nitrogens with one attached hydrogen (secondary N) is 2. The van der Waals surface area contributed by atoms with Gasteiger partial charge in [-0.25, -0.2) is 8.42 Å².